The summed E-state index contributed by atoms with van der Waals surface area (Å²) < 4.78 is 82.6. The van der Waals surface area contributed by atoms with E-state index < -0.39 is 69.9 Å². The van der Waals surface area contributed by atoms with Crippen LogP contribution in [0.1, 0.15) is 225 Å². The van der Waals surface area contributed by atoms with Crippen LogP contribution in [0.15, 0.2) is 0 Å². The van der Waals surface area contributed by atoms with Crippen LogP contribution in [0.3, 0.4) is 0 Å². The monoisotopic (exact) mass is 1450 g/mol. The molecule has 0 aromatic carbocycles. The van der Waals surface area contributed by atoms with Crippen molar-refractivity contribution in [1.82, 2.24) is 0 Å². The molecule has 3 saturated heterocycles. The standard InChI is InChI=1S/C45H88O12Si8.2Tl/c1-58(2,3)48-61(41-29-15-6-16-30-41)53-63(43-33-19-8-20-34-43)51-59(46,39-25-11-4-12-26-39)49-62(42-31-17-7-18-32-42)50-60(47,40-27-13-5-14-28-40)52-64(54-61,44-35-21-9-22-36-44)57-65(55-62,56-63)45-37-23-10-24-38-45;;/h39-47H,4-38H2,1-3H3;;. The first-order valence-corrected chi connectivity index (χ1v) is 43.9. The molecule has 0 amide bonds. The third-order valence-electron chi connectivity index (χ3n) is 17.8. The maximum absolute atomic E-state index is 14.3. The van der Waals surface area contributed by atoms with Gasteiger partial charge in [-0.1, -0.05) is 135 Å². The van der Waals surface area contributed by atoms with Gasteiger partial charge in [-0.25, -0.2) is 0 Å². The van der Waals surface area contributed by atoms with Crippen LogP contribution in [0.25, 0.3) is 0 Å². The van der Waals surface area contributed by atoms with Gasteiger partial charge in [0.2, 0.25) is 0 Å². The van der Waals surface area contributed by atoms with Gasteiger partial charge in [0, 0.05) is 93.4 Å². The smallest absolute Gasteiger partial charge is 0.417 e. The van der Waals surface area contributed by atoms with Crippen molar-refractivity contribution in [2.45, 2.75) is 283 Å². The Bertz CT molecular complexity index is 1520. The minimum Gasteiger partial charge on any atom is -0.417 e. The number of hydrogen-bond acceptors (Lipinski definition) is 12. The predicted octanol–water partition coefficient (Wildman–Crippen LogP) is 12.2. The summed E-state index contributed by atoms with van der Waals surface area (Å²) in [6.45, 7) is 6.83. The SMILES string of the molecule is C[Si](C)(C)O[Si]1(C2CCCCC2)O[Si]2(C3CCCCC3)O[Si](O)(C3CCCCC3)O[Si]3(C4CCCCC4)O[Si](O)(C4CCCCC4)O[Si](C4CCCCC4)(O1)O[Si](C1CCCCC1)(O3)O2.[Tl].[Tl]. The van der Waals surface area contributed by atoms with Crippen molar-refractivity contribution in [3.05, 3.63) is 0 Å². The van der Waals surface area contributed by atoms with E-state index in [9.17, 15) is 9.59 Å². The molecule has 2 radical (unpaired) electrons. The van der Waals surface area contributed by atoms with Crippen LogP contribution in [-0.4, -0.2) is 134 Å². The summed E-state index contributed by atoms with van der Waals surface area (Å²) in [5.41, 5.74) is -0.724. The summed E-state index contributed by atoms with van der Waals surface area (Å²) >= 11 is 0. The van der Waals surface area contributed by atoms with Gasteiger partial charge in [-0.05, 0) is 110 Å². The molecule has 12 nitrogen and oxygen atoms in total. The minimum absolute atomic E-state index is 0. The maximum Gasteiger partial charge on any atom is 0.486 e. The summed E-state index contributed by atoms with van der Waals surface area (Å²) in [5, 5.41) is 0. The van der Waals surface area contributed by atoms with Gasteiger partial charge >= 0.3 is 61.6 Å². The van der Waals surface area contributed by atoms with Gasteiger partial charge in [0.25, 0.3) is 0 Å². The van der Waals surface area contributed by atoms with Crippen LogP contribution >= 0.6 is 0 Å². The molecule has 7 saturated carbocycles. The van der Waals surface area contributed by atoms with E-state index in [4.69, 9.17) is 41.2 Å². The van der Waals surface area contributed by atoms with Gasteiger partial charge in [0.15, 0.2) is 8.32 Å². The number of hydrogen-bond donors (Lipinski definition) is 2. The quantitative estimate of drug-likeness (QED) is 0.213. The molecule has 378 valence electrons. The average Bonchev–Trinajstić information content (AvgIpc) is 3.31. The molecule has 7 aliphatic carbocycles. The van der Waals surface area contributed by atoms with Crippen molar-refractivity contribution in [2.75, 3.05) is 0 Å². The van der Waals surface area contributed by atoms with Crippen LogP contribution in [0.4, 0.5) is 0 Å². The Labute approximate surface area is 454 Å². The average molecular weight is 1450 g/mol. The van der Waals surface area contributed by atoms with Gasteiger partial charge in [0.1, 0.15) is 0 Å². The van der Waals surface area contributed by atoms with E-state index >= 15 is 0 Å². The molecule has 3 aliphatic heterocycles. The van der Waals surface area contributed by atoms with Crippen molar-refractivity contribution in [2.24, 2.45) is 0 Å². The summed E-state index contributed by atoms with van der Waals surface area (Å²) in [6.07, 6.45) is 35.0. The molecular weight excluding hydrogens is 1370 g/mol. The molecule has 4 unspecified atom stereocenters. The van der Waals surface area contributed by atoms with Crippen molar-refractivity contribution >= 4 is 125 Å². The minimum atomic E-state index is -4.37. The molecule has 10 rings (SSSR count). The molecule has 22 heteroatoms. The molecule has 2 N–H and O–H groups in total. The molecular formula is C45H88O12Si8Tl2. The fourth-order valence-corrected chi connectivity index (χ4v) is 62.0. The normalized spacial score (nSPS) is 42.6. The second-order valence-corrected chi connectivity index (χ2v) is 50.4. The van der Waals surface area contributed by atoms with Crippen molar-refractivity contribution < 1.29 is 50.7 Å². The Morgan fingerprint density at radius 3 is 0.761 bits per heavy atom. The zero-order valence-electron chi connectivity index (χ0n) is 41.9. The van der Waals surface area contributed by atoms with Crippen molar-refractivity contribution in [3.63, 3.8) is 0 Å². The number of fused-ring (bicyclic) bond motifs is 3. The largest absolute Gasteiger partial charge is 0.486 e. The second-order valence-electron chi connectivity index (χ2n) is 23.8. The molecule has 10 fully saturated rings. The van der Waals surface area contributed by atoms with E-state index in [1.54, 1.807) is 0 Å². The van der Waals surface area contributed by atoms with Crippen molar-refractivity contribution in [3.8, 4) is 0 Å². The first kappa shape index (κ1) is 56.3. The molecule has 0 aromatic rings. The van der Waals surface area contributed by atoms with Gasteiger partial charge in [0.05, 0.1) is 0 Å². The molecule has 0 aromatic heterocycles. The van der Waals surface area contributed by atoms with Gasteiger partial charge in [-0.2, -0.15) is 0 Å². The van der Waals surface area contributed by atoms with Gasteiger partial charge in [-0.3, -0.25) is 0 Å². The van der Waals surface area contributed by atoms with Gasteiger partial charge < -0.3 is 50.7 Å². The molecule has 4 bridgehead atoms. The fraction of sp³-hybridized carbons (Fsp3) is 1.00. The van der Waals surface area contributed by atoms with E-state index in [0.29, 0.717) is 0 Å². The Kier molecular flexibility index (Phi) is 19.6. The van der Waals surface area contributed by atoms with Crippen LogP contribution in [0.5, 0.6) is 0 Å². The van der Waals surface area contributed by atoms with Gasteiger partial charge in [-0.15, -0.1) is 0 Å². The molecule has 3 heterocycles. The van der Waals surface area contributed by atoms with Crippen LogP contribution < -0.4 is 0 Å². The molecule has 0 spiro atoms. The van der Waals surface area contributed by atoms with E-state index in [1.807, 2.05) is 0 Å². The summed E-state index contributed by atoms with van der Waals surface area (Å²) in [7, 11) is -31.9. The topological polar surface area (TPSA) is 133 Å². The van der Waals surface area contributed by atoms with E-state index in [1.165, 1.54) is 12.8 Å². The Morgan fingerprint density at radius 2 is 0.507 bits per heavy atom. The molecule has 10 aliphatic rings. The summed E-state index contributed by atoms with van der Waals surface area (Å²) in [5.74, 6) is 0. The Hall–Kier alpha value is 3.10. The molecule has 67 heavy (non-hydrogen) atoms. The number of rotatable bonds is 9. The van der Waals surface area contributed by atoms with Crippen molar-refractivity contribution in [1.29, 1.82) is 0 Å². The second kappa shape index (κ2) is 23.4. The zero-order chi connectivity index (χ0) is 44.9. The first-order valence-electron chi connectivity index (χ1n) is 27.8. The van der Waals surface area contributed by atoms with E-state index in [0.717, 1.165) is 212 Å². The molecule has 4 atom stereocenters. The van der Waals surface area contributed by atoms with Crippen LogP contribution in [-0.2, 0) is 41.2 Å². The first-order chi connectivity index (χ1) is 31.3. The van der Waals surface area contributed by atoms with E-state index in [2.05, 4.69) is 19.6 Å². The third kappa shape index (κ3) is 12.0. The zero-order valence-corrected chi connectivity index (χ0v) is 58.9. The maximum atomic E-state index is 14.3. The van der Waals surface area contributed by atoms with Crippen LogP contribution in [0, 0.1) is 0 Å². The summed E-state index contributed by atoms with van der Waals surface area (Å²) in [6, 6.07) is 0. The Balaban J connectivity index is 0.00000304. The Morgan fingerprint density at radius 1 is 0.299 bits per heavy atom. The fourth-order valence-electron chi connectivity index (χ4n) is 14.4. The van der Waals surface area contributed by atoms with E-state index in [-0.39, 0.29) is 93.4 Å². The van der Waals surface area contributed by atoms with Crippen LogP contribution in [0.2, 0.25) is 58.4 Å². The predicted molar refractivity (Wildman–Crippen MR) is 278 cm³/mol. The third-order valence-corrected chi connectivity index (χ3v) is 53.1. The summed E-state index contributed by atoms with van der Waals surface area (Å²) in [4.78, 5) is 28.6.